The zero-order valence-electron chi connectivity index (χ0n) is 28.0. The number of hydrogen-bond donors (Lipinski definition) is 5. The maximum absolute atomic E-state index is 13.7. The summed E-state index contributed by atoms with van der Waals surface area (Å²) in [5.74, 6) is -4.49. The Hall–Kier alpha value is -4.28. The van der Waals surface area contributed by atoms with Gasteiger partial charge in [0.1, 0.15) is 15.5 Å². The Kier molecular flexibility index (Phi) is 14.5. The van der Waals surface area contributed by atoms with Gasteiger partial charge in [0, 0.05) is 5.39 Å². The summed E-state index contributed by atoms with van der Waals surface area (Å²) in [5.41, 5.74) is 1.96. The van der Waals surface area contributed by atoms with E-state index >= 15 is 0 Å². The molecule has 1 radical (unpaired) electrons. The van der Waals surface area contributed by atoms with E-state index in [1.165, 1.54) is 0 Å². The first-order valence-corrected chi connectivity index (χ1v) is 23.4. The molecule has 0 unspecified atom stereocenters. The molecule has 0 aromatic heterocycles. The number of sulfone groups is 2. The number of hydrogen-bond acceptors (Lipinski definition) is 21. The molecule has 4 aromatic carbocycles. The van der Waals surface area contributed by atoms with Gasteiger partial charge in [-0.25, -0.2) is 25.2 Å². The Balaban J connectivity index is 0.00000900. The van der Waals surface area contributed by atoms with Crippen LogP contribution in [0.1, 0.15) is 0 Å². The predicted octanol–water partition coefficient (Wildman–Crippen LogP) is 1.08. The van der Waals surface area contributed by atoms with Crippen molar-refractivity contribution in [1.29, 1.82) is 0 Å². The topological polar surface area (TPSA) is 426 Å². The van der Waals surface area contributed by atoms with E-state index in [1.807, 2.05) is 0 Å². The average molecular weight is 981 g/mol. The molecule has 319 valence electrons. The molecule has 4 rings (SSSR count). The van der Waals surface area contributed by atoms with Gasteiger partial charge in [-0.05, 0) is 53.9 Å². The molecule has 4 aromatic rings. The van der Waals surface area contributed by atoms with E-state index in [0.29, 0.717) is 24.3 Å². The molecule has 0 spiro atoms. The van der Waals surface area contributed by atoms with E-state index in [9.17, 15) is 69.8 Å². The van der Waals surface area contributed by atoms with Crippen LogP contribution in [-0.4, -0.2) is 93.4 Å². The van der Waals surface area contributed by atoms with Crippen LogP contribution in [-0.2, 0) is 86.1 Å². The first-order valence-electron chi connectivity index (χ1n) is 14.5. The number of benzene rings is 4. The number of azo groups is 2. The summed E-state index contributed by atoms with van der Waals surface area (Å²) in [4.78, 5) is -3.55. The minimum absolute atomic E-state index is 0. The van der Waals surface area contributed by atoms with E-state index in [4.69, 9.17) is 14.8 Å². The number of nitrogens with zero attached hydrogens (tertiary/aromatic N) is 4. The summed E-state index contributed by atoms with van der Waals surface area (Å²) >= 11 is 0. The largest absolute Gasteiger partial charge is 2.00 e. The number of nitrogen functional groups attached to an aromatic ring is 1. The predicted molar refractivity (Wildman–Crippen MR) is 187 cm³/mol. The van der Waals surface area contributed by atoms with E-state index < -0.39 is 145 Å². The summed E-state index contributed by atoms with van der Waals surface area (Å²) in [6, 6.07) is 7.02. The fraction of sp³-hybridized carbons (Fsp3) is 0.154. The molecule has 58 heavy (non-hydrogen) atoms. The van der Waals surface area contributed by atoms with Crippen LogP contribution in [0.25, 0.3) is 10.8 Å². The average Bonchev–Trinajstić information content (AvgIpc) is 3.05. The normalized spacial score (nSPS) is 13.3. The van der Waals surface area contributed by atoms with Crippen molar-refractivity contribution in [2.75, 3.05) is 30.5 Å². The van der Waals surface area contributed by atoms with E-state index in [0.717, 1.165) is 30.3 Å². The molecule has 0 amide bonds. The molecular formula is C26H23CuN5O20S6. The van der Waals surface area contributed by atoms with Gasteiger partial charge in [0.05, 0.1) is 57.3 Å². The van der Waals surface area contributed by atoms with Gasteiger partial charge < -0.3 is 15.9 Å². The Bertz CT molecular complexity index is 3020. The van der Waals surface area contributed by atoms with Gasteiger partial charge in [-0.15, -0.1) is 10.2 Å². The second kappa shape index (κ2) is 17.5. The smallest absolute Gasteiger partial charge is 0.871 e. The number of anilines is 1. The zero-order valence-corrected chi connectivity index (χ0v) is 33.8. The number of fused-ring (bicyclic) bond motifs is 1. The van der Waals surface area contributed by atoms with Gasteiger partial charge in [0.25, 0.3) is 20.2 Å². The molecule has 6 N–H and O–H groups in total. The third-order valence-corrected chi connectivity index (χ3v) is 13.1. The van der Waals surface area contributed by atoms with Gasteiger partial charge in [-0.2, -0.15) is 43.9 Å². The van der Waals surface area contributed by atoms with Crippen LogP contribution < -0.4 is 15.9 Å². The minimum Gasteiger partial charge on any atom is -0.871 e. The molecule has 0 bridgehead atoms. The van der Waals surface area contributed by atoms with Crippen LogP contribution in [0.4, 0.5) is 28.4 Å². The Morgan fingerprint density at radius 1 is 0.586 bits per heavy atom. The summed E-state index contributed by atoms with van der Waals surface area (Å²) in [6.07, 6.45) is 0. The monoisotopic (exact) mass is 980 g/mol. The molecule has 0 saturated heterocycles. The van der Waals surface area contributed by atoms with Gasteiger partial charge >= 0.3 is 37.9 Å². The van der Waals surface area contributed by atoms with Gasteiger partial charge in [0.2, 0.25) is 0 Å². The molecule has 0 aliphatic rings. The molecule has 25 nitrogen and oxygen atoms in total. The van der Waals surface area contributed by atoms with Crippen molar-refractivity contribution >= 4 is 99.9 Å². The standard InChI is InChI=1S/C26H25N5O20S6.Cu/c27-23-22-14(11-20(54(38,39)40)24(23)30-28-15-1-3-16(4-2-15)52(34,35)9-7-50-56(44,45)46)12-21(55(41,42)43)25(26(22)33)31-29-18-13-17(5-6-19(18)32)53(36,37)10-8-51-57(47,48)49;/h1-6,11-13,32-33H,7-10,27H2,(H,38,39,40)(H,41,42,43)(H,44,45,46)(H,47,48,49);/q;+2/p-2. The molecule has 0 heterocycles. The number of rotatable bonds is 16. The van der Waals surface area contributed by atoms with Gasteiger partial charge in [-0.3, -0.25) is 18.2 Å². The molecule has 0 atom stereocenters. The quantitative estimate of drug-likeness (QED) is 0.0454. The summed E-state index contributed by atoms with van der Waals surface area (Å²) in [6.45, 7) is -1.99. The van der Waals surface area contributed by atoms with E-state index in [2.05, 4.69) is 28.8 Å². The van der Waals surface area contributed by atoms with Crippen LogP contribution in [0.2, 0.25) is 0 Å². The van der Waals surface area contributed by atoms with Crippen molar-refractivity contribution in [1.82, 2.24) is 0 Å². The van der Waals surface area contributed by atoms with E-state index in [-0.39, 0.29) is 27.7 Å². The minimum atomic E-state index is -5.45. The Labute approximate surface area is 339 Å². The third-order valence-electron chi connectivity index (χ3n) is 7.03. The van der Waals surface area contributed by atoms with Crippen LogP contribution in [0.15, 0.2) is 94.6 Å². The number of nitrogens with two attached hydrogens (primary N) is 1. The van der Waals surface area contributed by atoms with Crippen molar-refractivity contribution < 1.29 is 104 Å². The van der Waals surface area contributed by atoms with Crippen molar-refractivity contribution in [2.24, 2.45) is 20.5 Å². The Morgan fingerprint density at radius 2 is 1.03 bits per heavy atom. The van der Waals surface area contributed by atoms with Crippen molar-refractivity contribution in [3.05, 3.63) is 54.6 Å². The fourth-order valence-electron chi connectivity index (χ4n) is 4.52. The van der Waals surface area contributed by atoms with Gasteiger partial charge in [-0.1, -0.05) is 17.6 Å². The molecule has 0 saturated carbocycles. The van der Waals surface area contributed by atoms with Crippen LogP contribution in [0.3, 0.4) is 0 Å². The van der Waals surface area contributed by atoms with Crippen LogP contribution >= 0.6 is 0 Å². The molecular weight excluding hydrogens is 958 g/mol. The van der Waals surface area contributed by atoms with Crippen molar-refractivity contribution in [3.8, 4) is 11.5 Å². The molecule has 32 heteroatoms. The first-order chi connectivity index (χ1) is 26.0. The van der Waals surface area contributed by atoms with E-state index in [1.54, 1.807) is 0 Å². The van der Waals surface area contributed by atoms with Crippen LogP contribution in [0.5, 0.6) is 11.5 Å². The molecule has 0 aliphatic carbocycles. The fourth-order valence-corrected chi connectivity index (χ4v) is 8.84. The van der Waals surface area contributed by atoms with Gasteiger partial charge in [0.15, 0.2) is 19.7 Å². The first kappa shape index (κ1) is 48.1. The maximum Gasteiger partial charge on any atom is 2.00 e. The van der Waals surface area contributed by atoms with Crippen molar-refractivity contribution in [3.63, 3.8) is 0 Å². The molecule has 0 aliphatic heterocycles. The summed E-state index contributed by atoms with van der Waals surface area (Å²) in [7, 11) is -29.3. The SMILES string of the molecule is Nc1c(N=Nc2ccc(S(=O)(=O)CCOS(=O)(=O)O)cc2)c(S(=O)(=O)O)cc2cc(S(=O)(=O)O)c(N=Nc3cc(S(=O)(=O)CCOS(=O)(=O)O)ccc3[O-])c([O-])c12.[Cu+2]. The second-order valence-electron chi connectivity index (χ2n) is 10.9. The Morgan fingerprint density at radius 3 is 1.52 bits per heavy atom. The summed E-state index contributed by atoms with van der Waals surface area (Å²) < 4.78 is 187. The maximum atomic E-state index is 13.7. The second-order valence-corrected chi connectivity index (χ2v) is 20.1. The third kappa shape index (κ3) is 12.1. The zero-order chi connectivity index (χ0) is 42.9. The summed E-state index contributed by atoms with van der Waals surface area (Å²) in [5, 5.41) is 39.1. The van der Waals surface area contributed by atoms with Crippen molar-refractivity contribution in [2.45, 2.75) is 19.6 Å². The molecule has 0 fully saturated rings. The van der Waals surface area contributed by atoms with Crippen LogP contribution in [0, 0.1) is 0 Å².